The van der Waals surface area contributed by atoms with Gasteiger partial charge in [0.05, 0.1) is 6.10 Å². The first-order valence-corrected chi connectivity index (χ1v) is 4.76. The summed E-state index contributed by atoms with van der Waals surface area (Å²) < 4.78 is 0. The van der Waals surface area contributed by atoms with Crippen molar-refractivity contribution in [2.75, 3.05) is 23.7 Å². The number of aromatic nitrogens is 2. The summed E-state index contributed by atoms with van der Waals surface area (Å²) in [4.78, 5) is 9.99. The Morgan fingerprint density at radius 1 is 1.50 bits per heavy atom. The highest BCUT2D eigenvalue weighted by molar-refractivity contribution is 5.46. The lowest BCUT2D eigenvalue weighted by atomic mass is 10.1. The quantitative estimate of drug-likeness (QED) is 0.659. The van der Waals surface area contributed by atoms with Crippen LogP contribution in [0.2, 0.25) is 0 Å². The molecule has 0 amide bonds. The zero-order chi connectivity index (χ0) is 9.97. The summed E-state index contributed by atoms with van der Waals surface area (Å²) in [5.74, 6) is 1.27. The van der Waals surface area contributed by atoms with E-state index >= 15 is 0 Å². The lowest BCUT2D eigenvalue weighted by Crippen LogP contribution is -2.38. The molecule has 2 rings (SSSR count). The molecule has 14 heavy (non-hydrogen) atoms. The van der Waals surface area contributed by atoms with Gasteiger partial charge in [0, 0.05) is 19.2 Å². The molecule has 0 aliphatic carbocycles. The van der Waals surface area contributed by atoms with Gasteiger partial charge in [-0.05, 0) is 12.8 Å². The predicted molar refractivity (Wildman–Crippen MR) is 53.9 cm³/mol. The zero-order valence-corrected chi connectivity index (χ0v) is 7.93. The van der Waals surface area contributed by atoms with Crippen LogP contribution in [0.15, 0.2) is 12.4 Å². The molecule has 0 aromatic carbocycles. The summed E-state index contributed by atoms with van der Waals surface area (Å²) in [7, 11) is 0. The van der Waals surface area contributed by atoms with Gasteiger partial charge >= 0.3 is 0 Å². The normalized spacial score (nSPS) is 22.4. The Kier molecular flexibility index (Phi) is 2.49. The molecular weight excluding hydrogens is 180 g/mol. The van der Waals surface area contributed by atoms with Crippen molar-refractivity contribution in [1.29, 1.82) is 0 Å². The fourth-order valence-corrected chi connectivity index (χ4v) is 1.70. The molecule has 1 aromatic rings. The lowest BCUT2D eigenvalue weighted by molar-refractivity contribution is 0.154. The van der Waals surface area contributed by atoms with E-state index in [2.05, 4.69) is 9.97 Å². The molecule has 1 unspecified atom stereocenters. The molecule has 1 saturated heterocycles. The van der Waals surface area contributed by atoms with Crippen molar-refractivity contribution in [1.82, 2.24) is 9.97 Å². The van der Waals surface area contributed by atoms with E-state index in [0.717, 1.165) is 25.2 Å². The molecule has 1 fully saturated rings. The van der Waals surface area contributed by atoms with E-state index in [1.165, 1.54) is 6.33 Å². The van der Waals surface area contributed by atoms with Crippen molar-refractivity contribution in [3.05, 3.63) is 12.4 Å². The molecule has 1 aromatic heterocycles. The zero-order valence-electron chi connectivity index (χ0n) is 7.93. The van der Waals surface area contributed by atoms with Crippen LogP contribution in [0.3, 0.4) is 0 Å². The maximum Gasteiger partial charge on any atom is 0.134 e. The number of piperidine rings is 1. The maximum atomic E-state index is 9.49. The van der Waals surface area contributed by atoms with Gasteiger partial charge in [0.15, 0.2) is 0 Å². The van der Waals surface area contributed by atoms with Crippen LogP contribution in [0.5, 0.6) is 0 Å². The van der Waals surface area contributed by atoms with Crippen LogP contribution >= 0.6 is 0 Å². The largest absolute Gasteiger partial charge is 0.391 e. The number of rotatable bonds is 1. The second kappa shape index (κ2) is 3.79. The summed E-state index contributed by atoms with van der Waals surface area (Å²) in [5.41, 5.74) is 5.56. The van der Waals surface area contributed by atoms with E-state index in [1.54, 1.807) is 6.07 Å². The van der Waals surface area contributed by atoms with E-state index in [9.17, 15) is 5.11 Å². The second-order valence-corrected chi connectivity index (χ2v) is 3.54. The second-order valence-electron chi connectivity index (χ2n) is 3.54. The van der Waals surface area contributed by atoms with E-state index in [-0.39, 0.29) is 6.10 Å². The Morgan fingerprint density at radius 2 is 2.36 bits per heavy atom. The first kappa shape index (κ1) is 9.21. The van der Waals surface area contributed by atoms with Gasteiger partial charge in [-0.3, -0.25) is 0 Å². The Labute approximate surface area is 82.6 Å². The van der Waals surface area contributed by atoms with Crippen LogP contribution in [-0.2, 0) is 0 Å². The molecule has 5 nitrogen and oxygen atoms in total. The van der Waals surface area contributed by atoms with Gasteiger partial charge in [0.2, 0.25) is 0 Å². The average molecular weight is 194 g/mol. The Balaban J connectivity index is 2.14. The Bertz CT molecular complexity index is 317. The minimum Gasteiger partial charge on any atom is -0.391 e. The summed E-state index contributed by atoms with van der Waals surface area (Å²) in [5, 5.41) is 9.49. The topological polar surface area (TPSA) is 75.3 Å². The first-order valence-electron chi connectivity index (χ1n) is 4.76. The molecule has 1 atom stereocenters. The van der Waals surface area contributed by atoms with Gasteiger partial charge < -0.3 is 15.7 Å². The molecular formula is C9H14N4O. The third-order valence-corrected chi connectivity index (χ3v) is 2.39. The van der Waals surface area contributed by atoms with Crippen molar-refractivity contribution in [2.24, 2.45) is 0 Å². The van der Waals surface area contributed by atoms with Gasteiger partial charge in [-0.2, -0.15) is 0 Å². The average Bonchev–Trinajstić information content (AvgIpc) is 2.18. The van der Waals surface area contributed by atoms with E-state index in [0.29, 0.717) is 12.4 Å². The molecule has 2 heterocycles. The third kappa shape index (κ3) is 1.93. The number of nitrogens with zero attached hydrogens (tertiary/aromatic N) is 3. The fraction of sp³-hybridized carbons (Fsp3) is 0.556. The first-order chi connectivity index (χ1) is 6.75. The van der Waals surface area contributed by atoms with Crippen molar-refractivity contribution < 1.29 is 5.11 Å². The summed E-state index contributed by atoms with van der Waals surface area (Å²) in [6.07, 6.45) is 3.06. The highest BCUT2D eigenvalue weighted by Gasteiger charge is 2.18. The van der Waals surface area contributed by atoms with Gasteiger partial charge in [0.25, 0.3) is 0 Å². The molecule has 5 heteroatoms. The standard InChI is InChI=1S/C9H14N4O/c10-8-4-9(12-6-11-8)13-3-1-2-7(14)5-13/h4,6-7,14H,1-3,5H2,(H2,10,11,12). The number of β-amino-alcohol motifs (C(OH)–C–C–N with tert-alkyl or cyclic N) is 1. The van der Waals surface area contributed by atoms with E-state index in [1.807, 2.05) is 4.90 Å². The van der Waals surface area contributed by atoms with Crippen LogP contribution in [0.4, 0.5) is 11.6 Å². The number of nitrogens with two attached hydrogens (primary N) is 1. The lowest BCUT2D eigenvalue weighted by Gasteiger charge is -2.30. The number of hydrogen-bond acceptors (Lipinski definition) is 5. The number of aliphatic hydroxyl groups is 1. The van der Waals surface area contributed by atoms with Gasteiger partial charge in [-0.15, -0.1) is 0 Å². The monoisotopic (exact) mass is 194 g/mol. The third-order valence-electron chi connectivity index (χ3n) is 2.39. The molecule has 76 valence electrons. The fourth-order valence-electron chi connectivity index (χ4n) is 1.70. The molecule has 1 aliphatic heterocycles. The van der Waals surface area contributed by atoms with Crippen LogP contribution in [0.25, 0.3) is 0 Å². The Morgan fingerprint density at radius 3 is 3.07 bits per heavy atom. The number of anilines is 2. The minimum absolute atomic E-state index is 0.250. The Hall–Kier alpha value is -1.36. The minimum atomic E-state index is -0.250. The summed E-state index contributed by atoms with van der Waals surface area (Å²) in [6.45, 7) is 1.56. The van der Waals surface area contributed by atoms with Gasteiger partial charge in [-0.1, -0.05) is 0 Å². The highest BCUT2D eigenvalue weighted by Crippen LogP contribution is 2.18. The molecule has 1 aliphatic rings. The van der Waals surface area contributed by atoms with Crippen molar-refractivity contribution >= 4 is 11.6 Å². The van der Waals surface area contributed by atoms with Crippen LogP contribution in [0, 0.1) is 0 Å². The SMILES string of the molecule is Nc1cc(N2CCCC(O)C2)ncn1. The van der Waals surface area contributed by atoms with Crippen LogP contribution in [-0.4, -0.2) is 34.3 Å². The maximum absolute atomic E-state index is 9.49. The number of nitrogen functional groups attached to an aromatic ring is 1. The summed E-state index contributed by atoms with van der Waals surface area (Å²) in [6, 6.07) is 1.73. The molecule has 3 N–H and O–H groups in total. The highest BCUT2D eigenvalue weighted by atomic mass is 16.3. The van der Waals surface area contributed by atoms with Crippen molar-refractivity contribution in [3.63, 3.8) is 0 Å². The van der Waals surface area contributed by atoms with E-state index in [4.69, 9.17) is 5.73 Å². The van der Waals surface area contributed by atoms with Gasteiger partial charge in [-0.25, -0.2) is 9.97 Å². The molecule has 0 radical (unpaired) electrons. The summed E-state index contributed by atoms with van der Waals surface area (Å²) >= 11 is 0. The molecule has 0 spiro atoms. The van der Waals surface area contributed by atoms with E-state index < -0.39 is 0 Å². The van der Waals surface area contributed by atoms with Crippen LogP contribution in [0.1, 0.15) is 12.8 Å². The molecule has 0 saturated carbocycles. The predicted octanol–water partition coefficient (Wildman–Crippen LogP) is 0.0199. The van der Waals surface area contributed by atoms with Gasteiger partial charge in [0.1, 0.15) is 18.0 Å². The number of hydrogen-bond donors (Lipinski definition) is 2. The van der Waals surface area contributed by atoms with Crippen LogP contribution < -0.4 is 10.6 Å². The molecule has 0 bridgehead atoms. The van der Waals surface area contributed by atoms with Crippen molar-refractivity contribution in [2.45, 2.75) is 18.9 Å². The van der Waals surface area contributed by atoms with Crippen molar-refractivity contribution in [3.8, 4) is 0 Å². The number of aliphatic hydroxyl groups excluding tert-OH is 1. The smallest absolute Gasteiger partial charge is 0.134 e.